The van der Waals surface area contributed by atoms with Gasteiger partial charge in [-0.05, 0) is 22.9 Å². The van der Waals surface area contributed by atoms with E-state index in [1.165, 1.54) is 47.2 Å². The SMILES string of the molecule is c1ccc2c(c1)sc1c3[nH]c4ccncc4c3c3ccccc3c21. The molecule has 1 N–H and O–H groups in total. The fraction of sp³-hybridized carbons (Fsp3) is 0. The number of nitrogens with zero attached hydrogens (tertiary/aromatic N) is 1. The molecule has 0 atom stereocenters. The monoisotopic (exact) mass is 324 g/mol. The van der Waals surface area contributed by atoms with Crippen LogP contribution in [0.1, 0.15) is 0 Å². The molecular formula is C21H12N2S. The van der Waals surface area contributed by atoms with Gasteiger partial charge in [0.25, 0.3) is 0 Å². The summed E-state index contributed by atoms with van der Waals surface area (Å²) in [6, 6.07) is 19.5. The van der Waals surface area contributed by atoms with Gasteiger partial charge < -0.3 is 4.98 Å². The maximum atomic E-state index is 4.35. The van der Waals surface area contributed by atoms with E-state index in [4.69, 9.17) is 0 Å². The molecule has 0 aliphatic carbocycles. The van der Waals surface area contributed by atoms with E-state index in [1.54, 1.807) is 0 Å². The Kier molecular flexibility index (Phi) is 2.26. The van der Waals surface area contributed by atoms with Crippen LogP contribution in [-0.4, -0.2) is 9.97 Å². The quantitative estimate of drug-likeness (QED) is 0.352. The Morgan fingerprint density at radius 3 is 2.38 bits per heavy atom. The van der Waals surface area contributed by atoms with Crippen molar-refractivity contribution < 1.29 is 0 Å². The Bertz CT molecular complexity index is 1300. The van der Waals surface area contributed by atoms with Gasteiger partial charge in [0.1, 0.15) is 0 Å². The molecule has 0 radical (unpaired) electrons. The number of fused-ring (bicyclic) bond motifs is 10. The highest BCUT2D eigenvalue weighted by molar-refractivity contribution is 7.27. The molecule has 0 unspecified atom stereocenters. The van der Waals surface area contributed by atoms with Gasteiger partial charge in [-0.2, -0.15) is 0 Å². The van der Waals surface area contributed by atoms with Crippen LogP contribution in [0.2, 0.25) is 0 Å². The summed E-state index contributed by atoms with van der Waals surface area (Å²) in [5.41, 5.74) is 2.38. The third-order valence-corrected chi connectivity index (χ3v) is 6.08. The average molecular weight is 324 g/mol. The maximum absolute atomic E-state index is 4.35. The first kappa shape index (κ1) is 12.5. The zero-order valence-electron chi connectivity index (χ0n) is 12.7. The summed E-state index contributed by atoms with van der Waals surface area (Å²) in [6.45, 7) is 0. The van der Waals surface area contributed by atoms with Crippen LogP contribution in [0, 0.1) is 0 Å². The van der Waals surface area contributed by atoms with Crippen molar-refractivity contribution in [2.24, 2.45) is 0 Å². The lowest BCUT2D eigenvalue weighted by Gasteiger charge is -2.04. The Morgan fingerprint density at radius 1 is 0.750 bits per heavy atom. The maximum Gasteiger partial charge on any atom is 0.0653 e. The van der Waals surface area contributed by atoms with Crippen molar-refractivity contribution in [2.75, 3.05) is 0 Å². The molecule has 0 spiro atoms. The predicted octanol–water partition coefficient (Wildman–Crippen LogP) is 6.24. The second kappa shape index (κ2) is 4.34. The minimum absolute atomic E-state index is 1.15. The lowest BCUT2D eigenvalue weighted by Crippen LogP contribution is -1.78. The number of hydrogen-bond acceptors (Lipinski definition) is 2. The van der Waals surface area contributed by atoms with E-state index in [0.29, 0.717) is 0 Å². The van der Waals surface area contributed by atoms with Crippen LogP contribution in [0.15, 0.2) is 67.0 Å². The number of pyridine rings is 1. The van der Waals surface area contributed by atoms with Crippen molar-refractivity contribution >= 4 is 64.1 Å². The molecule has 2 nitrogen and oxygen atoms in total. The molecular weight excluding hydrogens is 312 g/mol. The van der Waals surface area contributed by atoms with Gasteiger partial charge in [0.15, 0.2) is 0 Å². The molecule has 0 bridgehead atoms. The standard InChI is InChI=1S/C21H12N2S/c1-2-6-13-12(5-1)18-15-11-22-10-9-16(15)23-20(18)21-19(13)14-7-3-4-8-17(14)24-21/h1-11,23H. The van der Waals surface area contributed by atoms with E-state index in [1.807, 2.05) is 23.7 Å². The lowest BCUT2D eigenvalue weighted by atomic mass is 9.99. The third-order valence-electron chi connectivity index (χ3n) is 4.89. The van der Waals surface area contributed by atoms with Crippen LogP contribution in [0.4, 0.5) is 0 Å². The Hall–Kier alpha value is -2.91. The average Bonchev–Trinajstić information content (AvgIpc) is 3.21. The fourth-order valence-electron chi connectivity index (χ4n) is 3.89. The number of aromatic amines is 1. The van der Waals surface area contributed by atoms with Crippen LogP contribution < -0.4 is 0 Å². The molecule has 24 heavy (non-hydrogen) atoms. The Balaban J connectivity index is 2.07. The van der Waals surface area contributed by atoms with E-state index in [2.05, 4.69) is 64.6 Å². The van der Waals surface area contributed by atoms with Crippen LogP contribution in [0.5, 0.6) is 0 Å². The summed E-state index contributed by atoms with van der Waals surface area (Å²) in [5, 5.41) is 7.80. The summed E-state index contributed by atoms with van der Waals surface area (Å²) in [4.78, 5) is 7.99. The first-order valence-electron chi connectivity index (χ1n) is 7.99. The number of thiophene rings is 1. The minimum atomic E-state index is 1.15. The number of H-pyrrole nitrogens is 1. The van der Waals surface area contributed by atoms with Crippen LogP contribution >= 0.6 is 11.3 Å². The number of aromatic nitrogens is 2. The van der Waals surface area contributed by atoms with Crippen molar-refractivity contribution in [1.29, 1.82) is 0 Å². The van der Waals surface area contributed by atoms with Crippen LogP contribution in [-0.2, 0) is 0 Å². The zero-order valence-corrected chi connectivity index (χ0v) is 13.5. The Labute approximate surface area is 141 Å². The highest BCUT2D eigenvalue weighted by Crippen LogP contribution is 2.45. The summed E-state index contributed by atoms with van der Waals surface area (Å²) in [5.74, 6) is 0. The number of rotatable bonds is 0. The number of hydrogen-bond donors (Lipinski definition) is 1. The summed E-state index contributed by atoms with van der Waals surface area (Å²) in [7, 11) is 0. The van der Waals surface area contributed by atoms with Crippen LogP contribution in [0.25, 0.3) is 52.8 Å². The van der Waals surface area contributed by atoms with E-state index in [9.17, 15) is 0 Å². The fourth-order valence-corrected chi connectivity index (χ4v) is 5.12. The van der Waals surface area contributed by atoms with E-state index < -0.39 is 0 Å². The molecule has 3 aromatic carbocycles. The first-order chi connectivity index (χ1) is 11.9. The van der Waals surface area contributed by atoms with Gasteiger partial charge in [0.05, 0.1) is 10.2 Å². The first-order valence-corrected chi connectivity index (χ1v) is 8.81. The lowest BCUT2D eigenvalue weighted by molar-refractivity contribution is 1.36. The van der Waals surface area contributed by atoms with E-state index >= 15 is 0 Å². The third kappa shape index (κ3) is 1.43. The number of benzene rings is 3. The minimum Gasteiger partial charge on any atom is -0.353 e. The molecule has 6 aromatic rings. The van der Waals surface area contributed by atoms with Crippen molar-refractivity contribution in [2.45, 2.75) is 0 Å². The molecule has 6 rings (SSSR count). The molecule has 0 saturated carbocycles. The molecule has 112 valence electrons. The summed E-state index contributed by atoms with van der Waals surface area (Å²) in [6.07, 6.45) is 3.82. The molecule has 3 aromatic heterocycles. The smallest absolute Gasteiger partial charge is 0.0653 e. The topological polar surface area (TPSA) is 28.7 Å². The zero-order chi connectivity index (χ0) is 15.7. The van der Waals surface area contributed by atoms with Gasteiger partial charge in [-0.1, -0.05) is 42.5 Å². The second-order valence-electron chi connectivity index (χ2n) is 6.14. The van der Waals surface area contributed by atoms with Gasteiger partial charge >= 0.3 is 0 Å². The summed E-state index contributed by atoms with van der Waals surface area (Å²) < 4.78 is 2.67. The molecule has 0 aliphatic heterocycles. The van der Waals surface area contributed by atoms with E-state index in [-0.39, 0.29) is 0 Å². The number of nitrogens with one attached hydrogen (secondary N) is 1. The highest BCUT2D eigenvalue weighted by atomic mass is 32.1. The van der Waals surface area contributed by atoms with Gasteiger partial charge in [-0.3, -0.25) is 4.98 Å². The molecule has 0 aliphatic rings. The summed E-state index contributed by atoms with van der Waals surface area (Å²) >= 11 is 1.87. The molecule has 3 heterocycles. The second-order valence-corrected chi connectivity index (χ2v) is 7.20. The van der Waals surface area contributed by atoms with Crippen LogP contribution in [0.3, 0.4) is 0 Å². The normalized spacial score (nSPS) is 12.2. The van der Waals surface area contributed by atoms with Gasteiger partial charge in [0, 0.05) is 44.2 Å². The molecule has 0 saturated heterocycles. The van der Waals surface area contributed by atoms with Crippen molar-refractivity contribution in [1.82, 2.24) is 9.97 Å². The molecule has 0 amide bonds. The largest absolute Gasteiger partial charge is 0.353 e. The van der Waals surface area contributed by atoms with Gasteiger partial charge in [-0.15, -0.1) is 11.3 Å². The predicted molar refractivity (Wildman–Crippen MR) is 104 cm³/mol. The molecule has 3 heteroatoms. The Morgan fingerprint density at radius 2 is 1.50 bits per heavy atom. The van der Waals surface area contributed by atoms with E-state index in [0.717, 1.165) is 5.52 Å². The van der Waals surface area contributed by atoms with Crippen molar-refractivity contribution in [3.8, 4) is 0 Å². The highest BCUT2D eigenvalue weighted by Gasteiger charge is 2.17. The van der Waals surface area contributed by atoms with Gasteiger partial charge in [0.2, 0.25) is 0 Å². The molecule has 0 fully saturated rings. The van der Waals surface area contributed by atoms with Gasteiger partial charge in [-0.25, -0.2) is 0 Å². The van der Waals surface area contributed by atoms with Crippen molar-refractivity contribution in [3.63, 3.8) is 0 Å². The van der Waals surface area contributed by atoms with Crippen molar-refractivity contribution in [3.05, 3.63) is 67.0 Å².